The van der Waals surface area contributed by atoms with E-state index in [2.05, 4.69) is 39.2 Å². The fraction of sp³-hybridized carbons (Fsp3) is 0.222. The molecule has 2 aromatic heterocycles. The number of nitrogens with zero attached hydrogens (tertiary/aromatic N) is 3. The van der Waals surface area contributed by atoms with Gasteiger partial charge in [-0.15, -0.1) is 0 Å². The van der Waals surface area contributed by atoms with Gasteiger partial charge in [0.15, 0.2) is 0 Å². The second-order valence-electron chi connectivity index (χ2n) is 5.87. The molecule has 1 N–H and O–H groups in total. The molecule has 0 saturated carbocycles. The van der Waals surface area contributed by atoms with Crippen molar-refractivity contribution in [2.24, 2.45) is 0 Å². The Bertz CT molecular complexity index is 834. The molecule has 4 rings (SSSR count). The number of H-pyrrole nitrogens is 1. The first-order valence-electron chi connectivity index (χ1n) is 7.77. The molecule has 1 aromatic carbocycles. The summed E-state index contributed by atoms with van der Waals surface area (Å²) in [7, 11) is 0. The number of aryl methyl sites for hydroxylation is 1. The lowest BCUT2D eigenvalue weighted by Gasteiger charge is -2.37. The molecule has 1 aliphatic rings. The van der Waals surface area contributed by atoms with Crippen molar-refractivity contribution in [1.82, 2.24) is 19.7 Å². The van der Waals surface area contributed by atoms with Gasteiger partial charge in [-0.2, -0.15) is 5.10 Å². The van der Waals surface area contributed by atoms with E-state index < -0.39 is 0 Å². The van der Waals surface area contributed by atoms with Crippen molar-refractivity contribution in [3.63, 3.8) is 0 Å². The van der Waals surface area contributed by atoms with Crippen LogP contribution in [0.5, 0.6) is 0 Å². The maximum Gasteiger partial charge on any atom is 0.275 e. The maximum atomic E-state index is 13.0. The van der Waals surface area contributed by atoms with Crippen LogP contribution in [0.3, 0.4) is 0 Å². The van der Waals surface area contributed by atoms with E-state index in [4.69, 9.17) is 0 Å². The van der Waals surface area contributed by atoms with Gasteiger partial charge in [-0.05, 0) is 30.7 Å². The smallest absolute Gasteiger partial charge is 0.275 e. The minimum absolute atomic E-state index is 0.0318. The van der Waals surface area contributed by atoms with E-state index in [0.717, 1.165) is 23.5 Å². The summed E-state index contributed by atoms with van der Waals surface area (Å²) in [6.07, 6.45) is 2.08. The van der Waals surface area contributed by atoms with Crippen LogP contribution in [0.15, 0.2) is 54.7 Å². The van der Waals surface area contributed by atoms with Crippen molar-refractivity contribution < 1.29 is 4.79 Å². The largest absolute Gasteiger partial charge is 0.348 e. The molecule has 0 saturated heterocycles. The maximum absolute atomic E-state index is 13.0. The number of hydrogen-bond donors (Lipinski definition) is 1. The highest BCUT2D eigenvalue weighted by atomic mass is 16.2. The minimum atomic E-state index is -0.0792. The molecular formula is C18H18N4O. The molecule has 1 amide bonds. The zero-order valence-corrected chi connectivity index (χ0v) is 12.9. The Hall–Kier alpha value is -2.82. The molecule has 116 valence electrons. The molecule has 1 aliphatic heterocycles. The second kappa shape index (κ2) is 5.43. The third-order valence-corrected chi connectivity index (χ3v) is 4.34. The van der Waals surface area contributed by atoms with Gasteiger partial charge in [-0.3, -0.25) is 9.89 Å². The van der Waals surface area contributed by atoms with Crippen LogP contribution in [0.2, 0.25) is 0 Å². The van der Waals surface area contributed by atoms with Gasteiger partial charge in [-0.1, -0.05) is 30.3 Å². The van der Waals surface area contributed by atoms with Crippen molar-refractivity contribution in [3.05, 3.63) is 77.4 Å². The summed E-state index contributed by atoms with van der Waals surface area (Å²) in [5, 5.41) is 6.99. The van der Waals surface area contributed by atoms with Crippen LogP contribution in [-0.2, 0) is 6.54 Å². The number of carbonyl (C=O) groups excluding carboxylic acids is 1. The average molecular weight is 306 g/mol. The third kappa shape index (κ3) is 2.34. The molecule has 0 radical (unpaired) electrons. The minimum Gasteiger partial charge on any atom is -0.348 e. The number of carbonyl (C=O) groups is 1. The number of benzene rings is 1. The summed E-state index contributed by atoms with van der Waals surface area (Å²) in [4.78, 5) is 14.9. The number of hydrogen-bond acceptors (Lipinski definition) is 2. The summed E-state index contributed by atoms with van der Waals surface area (Å²) in [6.45, 7) is 3.38. The first-order chi connectivity index (χ1) is 11.2. The Labute approximate surface area is 134 Å². The molecule has 1 atom stereocenters. The molecule has 0 aliphatic carbocycles. The number of rotatable bonds is 2. The van der Waals surface area contributed by atoms with Crippen LogP contribution in [-0.4, -0.2) is 32.1 Å². The van der Waals surface area contributed by atoms with E-state index in [-0.39, 0.29) is 11.9 Å². The van der Waals surface area contributed by atoms with Crippen molar-refractivity contribution in [1.29, 1.82) is 0 Å². The van der Waals surface area contributed by atoms with Gasteiger partial charge >= 0.3 is 0 Å². The lowest BCUT2D eigenvalue weighted by atomic mass is 9.99. The van der Waals surface area contributed by atoms with Crippen molar-refractivity contribution in [2.75, 3.05) is 6.54 Å². The summed E-state index contributed by atoms with van der Waals surface area (Å²) in [6, 6.07) is 16.0. The van der Waals surface area contributed by atoms with E-state index in [1.54, 1.807) is 6.07 Å². The number of aromatic nitrogens is 3. The fourth-order valence-corrected chi connectivity index (χ4v) is 3.26. The van der Waals surface area contributed by atoms with Crippen LogP contribution >= 0.6 is 0 Å². The number of nitrogens with one attached hydrogen (secondary N) is 1. The highest BCUT2D eigenvalue weighted by Gasteiger charge is 2.33. The molecule has 0 fully saturated rings. The quantitative estimate of drug-likeness (QED) is 0.791. The molecule has 0 spiro atoms. The van der Waals surface area contributed by atoms with Crippen LogP contribution < -0.4 is 0 Å². The highest BCUT2D eigenvalue weighted by Crippen LogP contribution is 2.33. The van der Waals surface area contributed by atoms with Gasteiger partial charge in [0.2, 0.25) is 0 Å². The highest BCUT2D eigenvalue weighted by molar-refractivity contribution is 5.93. The molecule has 0 bridgehead atoms. The SMILES string of the molecule is Cc1cc(C(=O)N2CCn3cccc3[C@@H]2c2ccccc2)n[nH]1. The van der Waals surface area contributed by atoms with Crippen molar-refractivity contribution in [2.45, 2.75) is 19.5 Å². The number of amides is 1. The Balaban J connectivity index is 1.78. The van der Waals surface area contributed by atoms with Crippen LogP contribution in [0.1, 0.15) is 33.5 Å². The molecule has 0 unspecified atom stereocenters. The first kappa shape index (κ1) is 13.8. The van der Waals surface area contributed by atoms with Crippen LogP contribution in [0.4, 0.5) is 0 Å². The van der Waals surface area contributed by atoms with Gasteiger partial charge in [0.1, 0.15) is 5.69 Å². The van der Waals surface area contributed by atoms with Gasteiger partial charge in [0, 0.05) is 30.7 Å². The Morgan fingerprint density at radius 3 is 2.74 bits per heavy atom. The number of aromatic amines is 1. The van der Waals surface area contributed by atoms with Crippen molar-refractivity contribution in [3.8, 4) is 0 Å². The van der Waals surface area contributed by atoms with E-state index in [1.165, 1.54) is 0 Å². The van der Waals surface area contributed by atoms with Gasteiger partial charge in [-0.25, -0.2) is 0 Å². The number of fused-ring (bicyclic) bond motifs is 1. The van der Waals surface area contributed by atoms with Gasteiger partial charge in [0.25, 0.3) is 5.91 Å². The molecule has 3 aromatic rings. The fourth-order valence-electron chi connectivity index (χ4n) is 3.26. The summed E-state index contributed by atoms with van der Waals surface area (Å²) in [5.41, 5.74) is 3.63. The molecular weight excluding hydrogens is 288 g/mol. The molecule has 5 nitrogen and oxygen atoms in total. The Kier molecular flexibility index (Phi) is 3.26. The summed E-state index contributed by atoms with van der Waals surface area (Å²) in [5.74, 6) is -0.0318. The molecule has 3 heterocycles. The lowest BCUT2D eigenvalue weighted by Crippen LogP contribution is -2.42. The standard InChI is InChI=1S/C18H18N4O/c1-13-12-15(20-19-13)18(23)22-11-10-21-9-5-8-16(21)17(22)14-6-3-2-4-7-14/h2-9,12,17H,10-11H2,1H3,(H,19,20)/t17-/m0/s1. The van der Waals surface area contributed by atoms with E-state index in [9.17, 15) is 4.79 Å². The van der Waals surface area contributed by atoms with E-state index in [0.29, 0.717) is 12.2 Å². The van der Waals surface area contributed by atoms with Gasteiger partial charge < -0.3 is 9.47 Å². The topological polar surface area (TPSA) is 53.9 Å². The first-order valence-corrected chi connectivity index (χ1v) is 7.77. The summed E-state index contributed by atoms with van der Waals surface area (Å²) < 4.78 is 2.22. The Morgan fingerprint density at radius 2 is 2.00 bits per heavy atom. The van der Waals surface area contributed by atoms with Crippen LogP contribution in [0.25, 0.3) is 0 Å². The predicted octanol–water partition coefficient (Wildman–Crippen LogP) is 2.77. The van der Waals surface area contributed by atoms with Crippen molar-refractivity contribution >= 4 is 5.91 Å². The molecule has 5 heteroatoms. The monoisotopic (exact) mass is 306 g/mol. The normalized spacial score (nSPS) is 17.1. The molecule has 23 heavy (non-hydrogen) atoms. The predicted molar refractivity (Wildman–Crippen MR) is 87.1 cm³/mol. The van der Waals surface area contributed by atoms with Crippen LogP contribution in [0, 0.1) is 6.92 Å². The Morgan fingerprint density at radius 1 is 1.17 bits per heavy atom. The average Bonchev–Trinajstić information content (AvgIpc) is 3.22. The zero-order chi connectivity index (χ0) is 15.8. The van der Waals surface area contributed by atoms with Gasteiger partial charge in [0.05, 0.1) is 6.04 Å². The third-order valence-electron chi connectivity index (χ3n) is 4.34. The van der Waals surface area contributed by atoms with E-state index in [1.807, 2.05) is 36.1 Å². The lowest BCUT2D eigenvalue weighted by molar-refractivity contribution is 0.0658. The summed E-state index contributed by atoms with van der Waals surface area (Å²) >= 11 is 0. The second-order valence-corrected chi connectivity index (χ2v) is 5.87. The zero-order valence-electron chi connectivity index (χ0n) is 12.9. The van der Waals surface area contributed by atoms with E-state index >= 15 is 0 Å².